The van der Waals surface area contributed by atoms with E-state index in [-0.39, 0.29) is 6.04 Å². The van der Waals surface area contributed by atoms with Crippen LogP contribution in [0.1, 0.15) is 17.4 Å². The fraction of sp³-hybridized carbons (Fsp3) is 0.0909. The number of rotatable bonds is 2. The highest BCUT2D eigenvalue weighted by Crippen LogP contribution is 2.32. The predicted molar refractivity (Wildman–Crippen MR) is 74.3 cm³/mol. The fourth-order valence-electron chi connectivity index (χ4n) is 1.42. The minimum atomic E-state index is -0.285. The maximum atomic E-state index is 6.14. The molecule has 2 rings (SSSR count). The van der Waals surface area contributed by atoms with Crippen molar-refractivity contribution >= 4 is 47.8 Å². The summed E-state index contributed by atoms with van der Waals surface area (Å²) in [6.07, 6.45) is 1.62. The van der Waals surface area contributed by atoms with Gasteiger partial charge in [0.2, 0.25) is 0 Å². The molecule has 0 amide bonds. The standard InChI is InChI=1S/C11H8Br3NO/c12-6-1-2-7(9(14)5-6)10(15)11-8(13)3-4-16-11/h1-5,10H,15H2. The molecule has 5 heteroatoms. The molecule has 1 aromatic carbocycles. The van der Waals surface area contributed by atoms with Crippen molar-refractivity contribution in [3.8, 4) is 0 Å². The Morgan fingerprint density at radius 3 is 2.38 bits per heavy atom. The van der Waals surface area contributed by atoms with E-state index in [9.17, 15) is 0 Å². The van der Waals surface area contributed by atoms with Crippen LogP contribution in [0.2, 0.25) is 0 Å². The van der Waals surface area contributed by atoms with Gasteiger partial charge >= 0.3 is 0 Å². The van der Waals surface area contributed by atoms with Gasteiger partial charge in [0.15, 0.2) is 0 Å². The second kappa shape index (κ2) is 5.04. The summed E-state index contributed by atoms with van der Waals surface area (Å²) in [6, 6.07) is 7.44. The lowest BCUT2D eigenvalue weighted by molar-refractivity contribution is 0.487. The third kappa shape index (κ3) is 2.42. The molecule has 2 nitrogen and oxygen atoms in total. The SMILES string of the molecule is NC(c1ccc(Br)cc1Br)c1occc1Br. The zero-order chi connectivity index (χ0) is 11.7. The van der Waals surface area contributed by atoms with Crippen molar-refractivity contribution in [2.75, 3.05) is 0 Å². The maximum absolute atomic E-state index is 6.14. The molecule has 84 valence electrons. The first-order chi connectivity index (χ1) is 7.59. The Morgan fingerprint density at radius 2 is 1.81 bits per heavy atom. The van der Waals surface area contributed by atoms with E-state index in [1.165, 1.54) is 0 Å². The van der Waals surface area contributed by atoms with E-state index >= 15 is 0 Å². The quantitative estimate of drug-likeness (QED) is 0.786. The van der Waals surface area contributed by atoms with E-state index in [0.29, 0.717) is 0 Å². The molecular formula is C11H8Br3NO. The molecule has 16 heavy (non-hydrogen) atoms. The Morgan fingerprint density at radius 1 is 1.06 bits per heavy atom. The van der Waals surface area contributed by atoms with Gasteiger partial charge in [-0.1, -0.05) is 37.9 Å². The number of hydrogen-bond acceptors (Lipinski definition) is 2. The lowest BCUT2D eigenvalue weighted by atomic mass is 10.1. The summed E-state index contributed by atoms with van der Waals surface area (Å²) in [5.74, 6) is 0.725. The van der Waals surface area contributed by atoms with Crippen molar-refractivity contribution in [3.05, 3.63) is 55.3 Å². The molecule has 0 fully saturated rings. The Kier molecular flexibility index (Phi) is 3.89. The number of hydrogen-bond donors (Lipinski definition) is 1. The van der Waals surface area contributed by atoms with Crippen LogP contribution in [-0.2, 0) is 0 Å². The summed E-state index contributed by atoms with van der Waals surface area (Å²) in [5.41, 5.74) is 7.13. The third-order valence-corrected chi connectivity index (χ3v) is 4.06. The van der Waals surface area contributed by atoms with E-state index in [1.807, 2.05) is 24.3 Å². The van der Waals surface area contributed by atoms with Gasteiger partial charge in [-0.3, -0.25) is 0 Å². The second-order valence-electron chi connectivity index (χ2n) is 3.28. The van der Waals surface area contributed by atoms with Crippen LogP contribution in [0.4, 0.5) is 0 Å². The van der Waals surface area contributed by atoms with Crippen LogP contribution in [0.3, 0.4) is 0 Å². The van der Waals surface area contributed by atoms with Crippen molar-refractivity contribution in [1.82, 2.24) is 0 Å². The summed E-state index contributed by atoms with van der Waals surface area (Å²) in [5, 5.41) is 0. The van der Waals surface area contributed by atoms with Crippen LogP contribution in [-0.4, -0.2) is 0 Å². The fourth-order valence-corrected chi connectivity index (χ4v) is 3.16. The average molecular weight is 410 g/mol. The van der Waals surface area contributed by atoms with Gasteiger partial charge in [-0.2, -0.15) is 0 Å². The Bertz CT molecular complexity index is 510. The minimum Gasteiger partial charge on any atom is -0.466 e. The highest BCUT2D eigenvalue weighted by Gasteiger charge is 2.17. The summed E-state index contributed by atoms with van der Waals surface area (Å²) >= 11 is 10.3. The van der Waals surface area contributed by atoms with E-state index < -0.39 is 0 Å². The van der Waals surface area contributed by atoms with Crippen LogP contribution >= 0.6 is 47.8 Å². The Balaban J connectivity index is 2.41. The van der Waals surface area contributed by atoms with Gasteiger partial charge in [0.1, 0.15) is 5.76 Å². The second-order valence-corrected chi connectivity index (χ2v) is 5.90. The van der Waals surface area contributed by atoms with Crippen molar-refractivity contribution in [2.24, 2.45) is 5.73 Å². The van der Waals surface area contributed by atoms with Gasteiger partial charge in [0.05, 0.1) is 16.8 Å². The van der Waals surface area contributed by atoms with Gasteiger partial charge in [-0.25, -0.2) is 0 Å². The molecule has 1 aromatic heterocycles. The topological polar surface area (TPSA) is 39.2 Å². The molecule has 0 aliphatic carbocycles. The van der Waals surface area contributed by atoms with Crippen molar-refractivity contribution in [3.63, 3.8) is 0 Å². The molecular weight excluding hydrogens is 402 g/mol. The van der Waals surface area contributed by atoms with Crippen LogP contribution in [0, 0.1) is 0 Å². The zero-order valence-electron chi connectivity index (χ0n) is 8.08. The lowest BCUT2D eigenvalue weighted by Gasteiger charge is -2.12. The summed E-state index contributed by atoms with van der Waals surface area (Å²) < 4.78 is 8.21. The summed E-state index contributed by atoms with van der Waals surface area (Å²) in [6.45, 7) is 0. The van der Waals surface area contributed by atoms with E-state index in [4.69, 9.17) is 10.2 Å². The average Bonchev–Trinajstić information content (AvgIpc) is 2.63. The number of halogens is 3. The minimum absolute atomic E-state index is 0.285. The number of furan rings is 1. The van der Waals surface area contributed by atoms with E-state index in [1.54, 1.807) is 6.26 Å². The van der Waals surface area contributed by atoms with Crippen molar-refractivity contribution < 1.29 is 4.42 Å². The molecule has 0 bridgehead atoms. The molecule has 2 N–H and O–H groups in total. The monoisotopic (exact) mass is 407 g/mol. The Labute approximate surface area is 119 Å². The van der Waals surface area contributed by atoms with E-state index in [2.05, 4.69) is 47.8 Å². The van der Waals surface area contributed by atoms with Crippen molar-refractivity contribution in [2.45, 2.75) is 6.04 Å². The van der Waals surface area contributed by atoms with Gasteiger partial charge < -0.3 is 10.2 Å². The summed E-state index contributed by atoms with van der Waals surface area (Å²) in [7, 11) is 0. The molecule has 2 aromatic rings. The third-order valence-electron chi connectivity index (χ3n) is 2.22. The first kappa shape index (κ1) is 12.4. The number of benzene rings is 1. The first-order valence-corrected chi connectivity index (χ1v) is 6.91. The maximum Gasteiger partial charge on any atom is 0.139 e. The predicted octanol–water partition coefficient (Wildman–Crippen LogP) is 4.62. The molecule has 0 saturated carbocycles. The van der Waals surface area contributed by atoms with E-state index in [0.717, 1.165) is 24.7 Å². The molecule has 0 saturated heterocycles. The molecule has 0 radical (unpaired) electrons. The first-order valence-electron chi connectivity index (χ1n) is 4.53. The van der Waals surface area contributed by atoms with Gasteiger partial charge in [0, 0.05) is 8.95 Å². The molecule has 1 atom stereocenters. The molecule has 1 heterocycles. The van der Waals surface area contributed by atoms with Crippen LogP contribution < -0.4 is 5.73 Å². The van der Waals surface area contributed by atoms with Gasteiger partial charge in [0.25, 0.3) is 0 Å². The van der Waals surface area contributed by atoms with Crippen LogP contribution in [0.5, 0.6) is 0 Å². The largest absolute Gasteiger partial charge is 0.466 e. The lowest BCUT2D eigenvalue weighted by Crippen LogP contribution is -2.12. The van der Waals surface area contributed by atoms with Gasteiger partial charge in [-0.05, 0) is 39.7 Å². The van der Waals surface area contributed by atoms with Crippen molar-refractivity contribution in [1.29, 1.82) is 0 Å². The molecule has 0 spiro atoms. The number of nitrogens with two attached hydrogens (primary N) is 1. The normalized spacial score (nSPS) is 12.8. The smallest absolute Gasteiger partial charge is 0.139 e. The summed E-state index contributed by atoms with van der Waals surface area (Å²) in [4.78, 5) is 0. The van der Waals surface area contributed by atoms with Crippen LogP contribution in [0.25, 0.3) is 0 Å². The molecule has 1 unspecified atom stereocenters. The molecule has 0 aliphatic heterocycles. The van der Waals surface area contributed by atoms with Crippen LogP contribution in [0.15, 0.2) is 48.4 Å². The highest BCUT2D eigenvalue weighted by atomic mass is 79.9. The highest BCUT2D eigenvalue weighted by molar-refractivity contribution is 9.11. The zero-order valence-corrected chi connectivity index (χ0v) is 12.8. The molecule has 0 aliphatic rings. The van der Waals surface area contributed by atoms with Gasteiger partial charge in [-0.15, -0.1) is 0 Å². The Hall–Kier alpha value is -0.100.